The number of hydrogen-bond donors (Lipinski definition) is 0. The van der Waals surface area contributed by atoms with E-state index >= 15 is 0 Å². The minimum absolute atomic E-state index is 0.0976. The SMILES string of the molecule is CCCC1CCC(CCC2CCC(c3ccc(Cl)c(F)c3)CC2)CC1.CCCC1CCC(c2ccc(C#Cc3ccc(CC)cc3)c(F)c2)CC1.CCCC1CCC(c2ccc(C=Cc3ccc(CC)cc3)c(F)c2)CC1. The molecule has 0 spiro atoms. The Kier molecular flexibility index (Phi) is 24.9. The fourth-order valence-electron chi connectivity index (χ4n) is 13.5. The van der Waals surface area contributed by atoms with Crippen molar-refractivity contribution in [2.24, 2.45) is 29.6 Å². The Morgan fingerprint density at radius 1 is 0.403 bits per heavy atom. The summed E-state index contributed by atoms with van der Waals surface area (Å²) in [6.45, 7) is 11.1. The summed E-state index contributed by atoms with van der Waals surface area (Å²) in [5, 5.41) is 0.242. The van der Waals surface area contributed by atoms with Gasteiger partial charge in [-0.3, -0.25) is 0 Å². The zero-order valence-electron chi connectivity index (χ0n) is 48.0. The van der Waals surface area contributed by atoms with Gasteiger partial charge < -0.3 is 0 Å². The molecule has 4 heteroatoms. The third-order valence-electron chi connectivity index (χ3n) is 18.5. The van der Waals surface area contributed by atoms with Gasteiger partial charge in [0.25, 0.3) is 0 Å². The van der Waals surface area contributed by atoms with E-state index in [4.69, 9.17) is 11.6 Å². The average molecular weight is 1060 g/mol. The van der Waals surface area contributed by atoms with E-state index in [1.54, 1.807) is 24.3 Å². The first-order valence-corrected chi connectivity index (χ1v) is 31.3. The first-order valence-electron chi connectivity index (χ1n) is 31.0. The molecule has 9 rings (SSSR count). The highest BCUT2D eigenvalue weighted by atomic mass is 35.5. The lowest BCUT2D eigenvalue weighted by Gasteiger charge is -2.32. The maximum atomic E-state index is 14.6. The Morgan fingerprint density at radius 3 is 1.21 bits per heavy atom. The summed E-state index contributed by atoms with van der Waals surface area (Å²) in [5.74, 6) is 11.8. The van der Waals surface area contributed by atoms with E-state index in [1.165, 1.54) is 171 Å². The maximum absolute atomic E-state index is 14.6. The van der Waals surface area contributed by atoms with Gasteiger partial charge in [-0.05, 0) is 213 Å². The van der Waals surface area contributed by atoms with Crippen LogP contribution in [0.15, 0.2) is 103 Å². The van der Waals surface area contributed by atoms with Crippen LogP contribution in [0.3, 0.4) is 0 Å². The van der Waals surface area contributed by atoms with Crippen LogP contribution < -0.4 is 0 Å². The molecule has 4 saturated carbocycles. The van der Waals surface area contributed by atoms with Crippen LogP contribution in [0.5, 0.6) is 0 Å². The van der Waals surface area contributed by atoms with Crippen molar-refractivity contribution in [3.63, 3.8) is 0 Å². The van der Waals surface area contributed by atoms with Gasteiger partial charge in [0.1, 0.15) is 17.5 Å². The zero-order valence-corrected chi connectivity index (χ0v) is 48.7. The van der Waals surface area contributed by atoms with E-state index in [-0.39, 0.29) is 22.5 Å². The van der Waals surface area contributed by atoms with Crippen LogP contribution >= 0.6 is 11.6 Å². The van der Waals surface area contributed by atoms with E-state index in [1.807, 2.05) is 42.5 Å². The second-order valence-corrected chi connectivity index (χ2v) is 24.3. The van der Waals surface area contributed by atoms with E-state index in [9.17, 15) is 13.2 Å². The van der Waals surface area contributed by atoms with Gasteiger partial charge in [-0.15, -0.1) is 0 Å². The molecule has 0 amide bonds. The summed E-state index contributed by atoms with van der Waals surface area (Å²) in [7, 11) is 0. The highest BCUT2D eigenvalue weighted by Crippen LogP contribution is 2.42. The molecule has 0 nitrogen and oxygen atoms in total. The molecule has 0 bridgehead atoms. The lowest BCUT2D eigenvalue weighted by molar-refractivity contribution is 0.224. The van der Waals surface area contributed by atoms with Crippen molar-refractivity contribution in [2.45, 2.75) is 219 Å². The van der Waals surface area contributed by atoms with Gasteiger partial charge in [0.15, 0.2) is 0 Å². The summed E-state index contributed by atoms with van der Waals surface area (Å²) in [6.07, 6.45) is 37.8. The molecule has 0 heterocycles. The van der Waals surface area contributed by atoms with Crippen molar-refractivity contribution in [2.75, 3.05) is 0 Å². The van der Waals surface area contributed by atoms with E-state index < -0.39 is 0 Å². The summed E-state index contributed by atoms with van der Waals surface area (Å²) < 4.78 is 42.8. The predicted octanol–water partition coefficient (Wildman–Crippen LogP) is 22.6. The van der Waals surface area contributed by atoms with Crippen molar-refractivity contribution >= 4 is 23.8 Å². The Labute approximate surface area is 470 Å². The summed E-state index contributed by atoms with van der Waals surface area (Å²) in [5.41, 5.74) is 9.30. The molecule has 77 heavy (non-hydrogen) atoms. The fourth-order valence-corrected chi connectivity index (χ4v) is 13.6. The summed E-state index contributed by atoms with van der Waals surface area (Å²) in [6, 6.07) is 33.5. The number of hydrogen-bond acceptors (Lipinski definition) is 0. The van der Waals surface area contributed by atoms with Crippen LogP contribution in [-0.4, -0.2) is 0 Å². The van der Waals surface area contributed by atoms with Gasteiger partial charge >= 0.3 is 0 Å². The smallest absolute Gasteiger partial charge is 0.142 e. The maximum Gasteiger partial charge on any atom is 0.142 e. The van der Waals surface area contributed by atoms with Gasteiger partial charge in [-0.25, -0.2) is 13.2 Å². The number of benzene rings is 5. The molecule has 414 valence electrons. The highest BCUT2D eigenvalue weighted by molar-refractivity contribution is 6.30. The fraction of sp³-hybridized carbons (Fsp3) is 0.534. The van der Waals surface area contributed by atoms with Gasteiger partial charge in [-0.1, -0.05) is 208 Å². The summed E-state index contributed by atoms with van der Waals surface area (Å²) in [4.78, 5) is 0. The molecule has 4 aliphatic carbocycles. The van der Waals surface area contributed by atoms with Gasteiger partial charge in [-0.2, -0.15) is 0 Å². The zero-order chi connectivity index (χ0) is 54.4. The topological polar surface area (TPSA) is 0 Å². The molecular weight excluding hydrogens is 969 g/mol. The number of halogens is 4. The normalized spacial score (nSPS) is 23.4. The lowest BCUT2D eigenvalue weighted by Crippen LogP contribution is -2.17. The summed E-state index contributed by atoms with van der Waals surface area (Å²) >= 11 is 5.81. The monoisotopic (exact) mass is 1060 g/mol. The van der Waals surface area contributed by atoms with Gasteiger partial charge in [0.05, 0.1) is 10.6 Å². The first-order chi connectivity index (χ1) is 37.5. The Hall–Kier alpha value is -4.52. The van der Waals surface area contributed by atoms with Gasteiger partial charge in [0.2, 0.25) is 0 Å². The Bertz CT molecular complexity index is 2580. The molecule has 5 aromatic rings. The molecule has 4 fully saturated rings. The molecule has 0 saturated heterocycles. The largest absolute Gasteiger partial charge is 0.206 e. The van der Waals surface area contributed by atoms with Crippen molar-refractivity contribution in [3.05, 3.63) is 176 Å². The van der Waals surface area contributed by atoms with Crippen LogP contribution in [0.25, 0.3) is 12.2 Å². The minimum Gasteiger partial charge on any atom is -0.206 e. The highest BCUT2D eigenvalue weighted by Gasteiger charge is 2.27. The van der Waals surface area contributed by atoms with Crippen LogP contribution in [0.4, 0.5) is 13.2 Å². The lowest BCUT2D eigenvalue weighted by atomic mass is 9.74. The minimum atomic E-state index is -0.264. The quantitative estimate of drug-likeness (QED) is 0.0682. The van der Waals surface area contributed by atoms with Gasteiger partial charge in [0, 0.05) is 11.1 Å². The third kappa shape index (κ3) is 19.1. The molecule has 0 N–H and O–H groups in total. The van der Waals surface area contributed by atoms with Crippen molar-refractivity contribution in [1.29, 1.82) is 0 Å². The predicted molar refractivity (Wildman–Crippen MR) is 324 cm³/mol. The number of rotatable bonds is 16. The Balaban J connectivity index is 0.000000168. The first kappa shape index (κ1) is 60.1. The Morgan fingerprint density at radius 2 is 0.792 bits per heavy atom. The van der Waals surface area contributed by atoms with Crippen molar-refractivity contribution in [3.8, 4) is 11.8 Å². The molecule has 0 aromatic heterocycles. The number of aryl methyl sites for hydroxylation is 2. The van der Waals surface area contributed by atoms with Crippen LogP contribution in [0.2, 0.25) is 5.02 Å². The van der Waals surface area contributed by atoms with Crippen LogP contribution in [0, 0.1) is 58.9 Å². The molecule has 5 aromatic carbocycles. The second kappa shape index (κ2) is 31.9. The van der Waals surface area contributed by atoms with E-state index in [0.29, 0.717) is 28.9 Å². The average Bonchev–Trinajstić information content (AvgIpc) is 3.46. The van der Waals surface area contributed by atoms with Crippen molar-refractivity contribution in [1.82, 2.24) is 0 Å². The van der Waals surface area contributed by atoms with E-state index in [2.05, 4.69) is 95.0 Å². The van der Waals surface area contributed by atoms with E-state index in [0.717, 1.165) is 64.7 Å². The van der Waals surface area contributed by atoms with Crippen LogP contribution in [-0.2, 0) is 12.8 Å². The second-order valence-electron chi connectivity index (χ2n) is 23.9. The molecule has 0 radical (unpaired) electrons. The molecule has 0 aliphatic heterocycles. The van der Waals surface area contributed by atoms with Crippen LogP contribution in [0.1, 0.15) is 257 Å². The molecular formula is C73H94ClF3. The molecule has 0 atom stereocenters. The van der Waals surface area contributed by atoms with Crippen molar-refractivity contribution < 1.29 is 13.2 Å². The molecule has 0 unspecified atom stereocenters. The third-order valence-corrected chi connectivity index (χ3v) is 18.8. The molecule has 4 aliphatic rings. The standard InChI is InChI=1S/C25H31F.C25H29F.C23H34ClF/c2*1-3-5-20-10-13-22(14-11-20)24-17-16-23(25(26)18-24)15-12-21-8-6-19(4-2)7-9-21;1-2-3-17-4-6-18(7-5-17)8-9-19-10-12-20(13-11-19)21-14-15-22(24)23(25)16-21/h6-9,12,15-18,20,22H,3-5,10-11,13-14H2,1-2H3;6-9,16-18,20,22H,3-5,10-11,13-14H2,1-2H3;14-20H,2-13H2,1H3.